The lowest BCUT2D eigenvalue weighted by Gasteiger charge is -2.33. The molecule has 3 rings (SSSR count). The third-order valence-electron chi connectivity index (χ3n) is 5.23. The Morgan fingerprint density at radius 3 is 2.48 bits per heavy atom. The summed E-state index contributed by atoms with van der Waals surface area (Å²) < 4.78 is 25.5. The number of carbonyl (C=O) groups is 1. The van der Waals surface area contributed by atoms with Crippen LogP contribution in [-0.4, -0.2) is 33.7 Å². The highest BCUT2D eigenvalue weighted by molar-refractivity contribution is 7.92. The molecule has 1 aliphatic rings. The van der Waals surface area contributed by atoms with Crippen molar-refractivity contribution in [3.8, 4) is 0 Å². The number of benzene rings is 2. The van der Waals surface area contributed by atoms with E-state index in [4.69, 9.17) is 0 Å². The number of anilines is 2. The summed E-state index contributed by atoms with van der Waals surface area (Å²) >= 11 is 0. The van der Waals surface area contributed by atoms with Gasteiger partial charge < -0.3 is 10.2 Å². The number of piperidine rings is 1. The van der Waals surface area contributed by atoms with E-state index in [1.54, 1.807) is 24.3 Å². The van der Waals surface area contributed by atoms with Crippen LogP contribution in [0.5, 0.6) is 0 Å². The average molecular weight is 416 g/mol. The first kappa shape index (κ1) is 21.2. The minimum absolute atomic E-state index is 0.205. The summed E-state index contributed by atoms with van der Waals surface area (Å²) in [6.45, 7) is 6.37. The first-order chi connectivity index (χ1) is 13.7. The highest BCUT2D eigenvalue weighted by Crippen LogP contribution is 2.25. The molecule has 7 heteroatoms. The van der Waals surface area contributed by atoms with Gasteiger partial charge in [-0.3, -0.25) is 9.52 Å². The molecule has 1 saturated heterocycles. The predicted octanol–water partition coefficient (Wildman–Crippen LogP) is 3.79. The maximum absolute atomic E-state index is 12.7. The zero-order valence-electron chi connectivity index (χ0n) is 17.2. The number of nitrogens with zero attached hydrogens (tertiary/aromatic N) is 1. The van der Waals surface area contributed by atoms with Crippen LogP contribution in [0.25, 0.3) is 0 Å². The average Bonchev–Trinajstić information content (AvgIpc) is 2.67. The molecule has 1 heterocycles. The topological polar surface area (TPSA) is 78.5 Å². The molecular formula is C22H29N3O3S. The molecule has 6 nitrogen and oxygen atoms in total. The van der Waals surface area contributed by atoms with E-state index < -0.39 is 10.0 Å². The van der Waals surface area contributed by atoms with Crippen molar-refractivity contribution in [3.63, 3.8) is 0 Å². The summed E-state index contributed by atoms with van der Waals surface area (Å²) in [4.78, 5) is 15.1. The largest absolute Gasteiger partial charge is 0.371 e. The number of sulfonamides is 1. The quantitative estimate of drug-likeness (QED) is 0.752. The van der Waals surface area contributed by atoms with E-state index in [1.807, 2.05) is 19.1 Å². The van der Waals surface area contributed by atoms with Crippen LogP contribution in [0.3, 0.4) is 0 Å². The van der Waals surface area contributed by atoms with Gasteiger partial charge in [0.05, 0.1) is 23.5 Å². The number of hydrogen-bond acceptors (Lipinski definition) is 4. The summed E-state index contributed by atoms with van der Waals surface area (Å²) in [5.74, 6) is 0.389. The summed E-state index contributed by atoms with van der Waals surface area (Å²) in [6.07, 6.45) is 3.57. The fourth-order valence-electron chi connectivity index (χ4n) is 3.73. The number of para-hydroxylation sites is 1. The minimum Gasteiger partial charge on any atom is -0.371 e. The van der Waals surface area contributed by atoms with E-state index in [1.165, 1.54) is 18.5 Å². The van der Waals surface area contributed by atoms with Gasteiger partial charge in [-0.2, -0.15) is 0 Å². The van der Waals surface area contributed by atoms with Gasteiger partial charge >= 0.3 is 0 Å². The van der Waals surface area contributed by atoms with Crippen LogP contribution >= 0.6 is 0 Å². The lowest BCUT2D eigenvalue weighted by Crippen LogP contribution is -2.34. The molecule has 0 saturated carbocycles. The highest BCUT2D eigenvalue weighted by Gasteiger charge is 2.18. The molecule has 156 valence electrons. The van der Waals surface area contributed by atoms with Crippen molar-refractivity contribution in [1.82, 2.24) is 5.32 Å². The van der Waals surface area contributed by atoms with Crippen LogP contribution in [0.2, 0.25) is 0 Å². The Bertz CT molecular complexity index is 958. The highest BCUT2D eigenvalue weighted by atomic mass is 32.2. The maximum Gasteiger partial charge on any atom is 0.253 e. The Balaban J connectivity index is 1.69. The first-order valence-electron chi connectivity index (χ1n) is 9.95. The van der Waals surface area contributed by atoms with Gasteiger partial charge in [-0.25, -0.2) is 8.42 Å². The normalized spacial score (nSPS) is 18.2. The molecule has 2 atom stereocenters. The Morgan fingerprint density at radius 2 is 1.83 bits per heavy atom. The second-order valence-electron chi connectivity index (χ2n) is 7.90. The van der Waals surface area contributed by atoms with E-state index in [0.717, 1.165) is 24.9 Å². The molecule has 29 heavy (non-hydrogen) atoms. The molecule has 1 fully saturated rings. The smallest absolute Gasteiger partial charge is 0.253 e. The van der Waals surface area contributed by atoms with Crippen LogP contribution in [0, 0.1) is 5.92 Å². The van der Waals surface area contributed by atoms with Crippen molar-refractivity contribution >= 4 is 27.3 Å². The summed E-state index contributed by atoms with van der Waals surface area (Å²) in [6, 6.07) is 14.7. The lowest BCUT2D eigenvalue weighted by atomic mass is 9.99. The van der Waals surface area contributed by atoms with Crippen LogP contribution in [0.4, 0.5) is 11.4 Å². The van der Waals surface area contributed by atoms with Gasteiger partial charge in [0.15, 0.2) is 0 Å². The molecule has 2 N–H and O–H groups in total. The molecule has 1 aliphatic heterocycles. The van der Waals surface area contributed by atoms with E-state index >= 15 is 0 Å². The molecule has 2 aromatic rings. The van der Waals surface area contributed by atoms with Crippen molar-refractivity contribution in [3.05, 3.63) is 59.7 Å². The number of hydrogen-bond donors (Lipinski definition) is 2. The number of nitrogens with one attached hydrogen (secondary N) is 2. The molecule has 0 bridgehead atoms. The second kappa shape index (κ2) is 8.86. The van der Waals surface area contributed by atoms with Gasteiger partial charge in [0, 0.05) is 18.8 Å². The molecule has 2 unspecified atom stereocenters. The zero-order chi connectivity index (χ0) is 21.0. The zero-order valence-corrected chi connectivity index (χ0v) is 18.0. The fourth-order valence-corrected chi connectivity index (χ4v) is 4.30. The van der Waals surface area contributed by atoms with Crippen molar-refractivity contribution in [1.29, 1.82) is 0 Å². The van der Waals surface area contributed by atoms with E-state index in [0.29, 0.717) is 11.5 Å². The lowest BCUT2D eigenvalue weighted by molar-refractivity contribution is 0.0941. The Kier molecular flexibility index (Phi) is 6.47. The standard InChI is InChI=1S/C22H29N3O3S/c1-16-7-6-14-25(15-16)19-12-10-18(11-13-19)17(2)23-22(26)20-8-4-5-9-21(20)24-29(3,27)28/h4-5,8-13,16-17,24H,6-7,14-15H2,1-3H3,(H,23,26). The predicted molar refractivity (Wildman–Crippen MR) is 118 cm³/mol. The molecular weight excluding hydrogens is 386 g/mol. The van der Waals surface area contributed by atoms with Crippen molar-refractivity contribution < 1.29 is 13.2 Å². The monoisotopic (exact) mass is 415 g/mol. The third kappa shape index (κ3) is 5.73. The number of rotatable bonds is 6. The molecule has 1 amide bonds. The van der Waals surface area contributed by atoms with Crippen molar-refractivity contribution in [2.75, 3.05) is 29.0 Å². The van der Waals surface area contributed by atoms with Crippen molar-refractivity contribution in [2.24, 2.45) is 5.92 Å². The van der Waals surface area contributed by atoms with Gasteiger partial charge in [0.25, 0.3) is 5.91 Å². The molecule has 0 aromatic heterocycles. The van der Waals surface area contributed by atoms with Gasteiger partial charge in [-0.15, -0.1) is 0 Å². The summed E-state index contributed by atoms with van der Waals surface area (Å²) in [5, 5.41) is 2.96. The third-order valence-corrected chi connectivity index (χ3v) is 5.82. The summed E-state index contributed by atoms with van der Waals surface area (Å²) in [7, 11) is -3.47. The van der Waals surface area contributed by atoms with Gasteiger partial charge in [0.2, 0.25) is 10.0 Å². The first-order valence-corrected chi connectivity index (χ1v) is 11.8. The molecule has 2 aromatic carbocycles. The van der Waals surface area contributed by atoms with Crippen LogP contribution in [-0.2, 0) is 10.0 Å². The minimum atomic E-state index is -3.47. The van der Waals surface area contributed by atoms with Gasteiger partial charge in [-0.05, 0) is 55.5 Å². The van der Waals surface area contributed by atoms with Gasteiger partial charge in [-0.1, -0.05) is 31.2 Å². The van der Waals surface area contributed by atoms with Crippen molar-refractivity contribution in [2.45, 2.75) is 32.7 Å². The Hall–Kier alpha value is -2.54. The van der Waals surface area contributed by atoms with Crippen LogP contribution < -0.4 is 14.9 Å². The van der Waals surface area contributed by atoms with E-state index in [-0.39, 0.29) is 17.6 Å². The number of carbonyl (C=O) groups excluding carboxylic acids is 1. The van der Waals surface area contributed by atoms with E-state index in [9.17, 15) is 13.2 Å². The van der Waals surface area contributed by atoms with Crippen LogP contribution in [0.1, 0.15) is 48.7 Å². The van der Waals surface area contributed by atoms with Crippen LogP contribution in [0.15, 0.2) is 48.5 Å². The summed E-state index contributed by atoms with van der Waals surface area (Å²) in [5.41, 5.74) is 2.78. The second-order valence-corrected chi connectivity index (χ2v) is 9.65. The fraction of sp³-hybridized carbons (Fsp3) is 0.409. The maximum atomic E-state index is 12.7. The number of amides is 1. The molecule has 0 spiro atoms. The van der Waals surface area contributed by atoms with Gasteiger partial charge in [0.1, 0.15) is 0 Å². The Labute approximate surface area is 173 Å². The van der Waals surface area contributed by atoms with E-state index in [2.05, 4.69) is 34.0 Å². The Morgan fingerprint density at radius 1 is 1.14 bits per heavy atom. The molecule has 0 radical (unpaired) electrons. The SMILES string of the molecule is CC1CCCN(c2ccc(C(C)NC(=O)c3ccccc3NS(C)(=O)=O)cc2)C1. The molecule has 0 aliphatic carbocycles.